The Balaban J connectivity index is 1.68. The van der Waals surface area contributed by atoms with Crippen LogP contribution in [0.25, 0.3) is 5.57 Å². The van der Waals surface area contributed by atoms with Gasteiger partial charge in [-0.25, -0.2) is 4.39 Å². The van der Waals surface area contributed by atoms with Crippen LogP contribution in [-0.4, -0.2) is 44.3 Å². The Morgan fingerprint density at radius 3 is 2.60 bits per heavy atom. The molecule has 0 aromatic heterocycles. The van der Waals surface area contributed by atoms with Crippen molar-refractivity contribution in [3.63, 3.8) is 0 Å². The highest BCUT2D eigenvalue weighted by Gasteiger charge is 2.27. The molecule has 0 spiro atoms. The number of likely N-dealkylation sites (N-methyl/N-ethyl adjacent to an activating group) is 1. The summed E-state index contributed by atoms with van der Waals surface area (Å²) in [6.07, 6.45) is 3.16. The number of carbonyl (C=O) groups is 1. The summed E-state index contributed by atoms with van der Waals surface area (Å²) in [6, 6.07) is 12.1. The van der Waals surface area contributed by atoms with Crippen LogP contribution in [0.1, 0.15) is 29.5 Å². The molecule has 1 amide bonds. The van der Waals surface area contributed by atoms with Gasteiger partial charge in [0.2, 0.25) is 5.91 Å². The molecule has 5 nitrogen and oxygen atoms in total. The van der Waals surface area contributed by atoms with Crippen LogP contribution in [-0.2, 0) is 16.0 Å². The normalized spacial score (nSPS) is 16.9. The number of primary amides is 1. The Morgan fingerprint density at radius 1 is 1.23 bits per heavy atom. The minimum Gasteiger partial charge on any atom is -0.488 e. The summed E-state index contributed by atoms with van der Waals surface area (Å²) in [5.41, 5.74) is 9.32. The molecule has 2 N–H and O–H groups in total. The lowest BCUT2D eigenvalue weighted by atomic mass is 9.89. The molecule has 1 aliphatic heterocycles. The van der Waals surface area contributed by atoms with Crippen molar-refractivity contribution in [2.24, 2.45) is 11.7 Å². The molecule has 1 atom stereocenters. The minimum absolute atomic E-state index is 0.0398. The molecule has 158 valence electrons. The summed E-state index contributed by atoms with van der Waals surface area (Å²) in [5.74, 6) is 0.505. The standard InChI is InChI=1S/C24H27FN2O3/c1-27(2)22(30-13-15-3-4-15)12-16-5-10-21-19(11-16)23(20(14-29-21)24(26)28)17-6-8-18(25)9-7-17/h5-11,15,22H,3-4,12-14H2,1-2H3,(H2,26,28). The number of hydrogen-bond acceptors (Lipinski definition) is 4. The first kappa shape index (κ1) is 20.6. The van der Waals surface area contributed by atoms with Gasteiger partial charge in [0.05, 0.1) is 12.2 Å². The summed E-state index contributed by atoms with van der Waals surface area (Å²) in [6.45, 7) is 0.878. The fourth-order valence-electron chi connectivity index (χ4n) is 3.67. The second-order valence-electron chi connectivity index (χ2n) is 8.24. The van der Waals surface area contributed by atoms with Crippen LogP contribution >= 0.6 is 0 Å². The van der Waals surface area contributed by atoms with Crippen molar-refractivity contribution >= 4 is 11.5 Å². The number of benzene rings is 2. The highest BCUT2D eigenvalue weighted by atomic mass is 19.1. The van der Waals surface area contributed by atoms with E-state index in [0.29, 0.717) is 29.2 Å². The van der Waals surface area contributed by atoms with E-state index in [-0.39, 0.29) is 18.7 Å². The summed E-state index contributed by atoms with van der Waals surface area (Å²) in [5, 5.41) is 0. The first-order chi connectivity index (χ1) is 14.4. The lowest BCUT2D eigenvalue weighted by molar-refractivity contribution is -0.114. The highest BCUT2D eigenvalue weighted by molar-refractivity contribution is 6.05. The SMILES string of the molecule is CN(C)C(Cc1ccc2c(c1)C(c1ccc(F)cc1)=C(C(N)=O)CO2)OCC1CC1. The molecule has 30 heavy (non-hydrogen) atoms. The number of fused-ring (bicyclic) bond motifs is 1. The van der Waals surface area contributed by atoms with Gasteiger partial charge < -0.3 is 15.2 Å². The molecule has 1 saturated carbocycles. The summed E-state index contributed by atoms with van der Waals surface area (Å²) in [7, 11) is 4.02. The molecule has 0 bridgehead atoms. The first-order valence-corrected chi connectivity index (χ1v) is 10.3. The third-order valence-corrected chi connectivity index (χ3v) is 5.62. The summed E-state index contributed by atoms with van der Waals surface area (Å²) >= 11 is 0. The van der Waals surface area contributed by atoms with Gasteiger partial charge in [-0.15, -0.1) is 0 Å². The largest absolute Gasteiger partial charge is 0.488 e. The maximum atomic E-state index is 13.5. The zero-order valence-corrected chi connectivity index (χ0v) is 17.4. The third-order valence-electron chi connectivity index (χ3n) is 5.62. The fourth-order valence-corrected chi connectivity index (χ4v) is 3.67. The topological polar surface area (TPSA) is 64.8 Å². The summed E-state index contributed by atoms with van der Waals surface area (Å²) < 4.78 is 25.4. The summed E-state index contributed by atoms with van der Waals surface area (Å²) in [4.78, 5) is 14.2. The molecule has 2 aromatic rings. The fraction of sp³-hybridized carbons (Fsp3) is 0.375. The Kier molecular flexibility index (Phi) is 5.88. The van der Waals surface area contributed by atoms with Gasteiger partial charge in [-0.3, -0.25) is 9.69 Å². The van der Waals surface area contributed by atoms with E-state index in [1.165, 1.54) is 25.0 Å². The van der Waals surface area contributed by atoms with Gasteiger partial charge in [-0.05, 0) is 68.2 Å². The monoisotopic (exact) mass is 410 g/mol. The van der Waals surface area contributed by atoms with E-state index in [2.05, 4.69) is 4.90 Å². The van der Waals surface area contributed by atoms with Gasteiger partial charge in [-0.2, -0.15) is 0 Å². The number of nitrogens with two attached hydrogens (primary N) is 1. The van der Waals surface area contributed by atoms with Crippen molar-refractivity contribution in [1.29, 1.82) is 0 Å². The van der Waals surface area contributed by atoms with Crippen LogP contribution in [0.4, 0.5) is 4.39 Å². The molecule has 2 aromatic carbocycles. The predicted octanol–water partition coefficient (Wildman–Crippen LogP) is 3.36. The van der Waals surface area contributed by atoms with Crippen molar-refractivity contribution in [2.45, 2.75) is 25.5 Å². The third kappa shape index (κ3) is 4.55. The zero-order valence-electron chi connectivity index (χ0n) is 17.4. The van der Waals surface area contributed by atoms with Crippen LogP contribution in [0.3, 0.4) is 0 Å². The molecule has 1 heterocycles. The van der Waals surface area contributed by atoms with Crippen molar-refractivity contribution < 1.29 is 18.7 Å². The number of carbonyl (C=O) groups excluding carboxylic acids is 1. The van der Waals surface area contributed by atoms with Crippen LogP contribution in [0, 0.1) is 11.7 Å². The first-order valence-electron chi connectivity index (χ1n) is 10.3. The number of halogens is 1. The van der Waals surface area contributed by atoms with E-state index >= 15 is 0 Å². The second-order valence-corrected chi connectivity index (χ2v) is 8.24. The van der Waals surface area contributed by atoms with Crippen LogP contribution in [0.2, 0.25) is 0 Å². The van der Waals surface area contributed by atoms with Crippen molar-refractivity contribution in [3.05, 3.63) is 70.5 Å². The van der Waals surface area contributed by atoms with Gasteiger partial charge in [0.15, 0.2) is 0 Å². The van der Waals surface area contributed by atoms with Gasteiger partial charge in [0.25, 0.3) is 0 Å². The van der Waals surface area contributed by atoms with Gasteiger partial charge in [0.1, 0.15) is 24.4 Å². The Hall–Kier alpha value is -2.70. The lowest BCUT2D eigenvalue weighted by Crippen LogP contribution is -2.33. The van der Waals surface area contributed by atoms with E-state index in [4.69, 9.17) is 15.2 Å². The molecule has 4 rings (SSSR count). The lowest BCUT2D eigenvalue weighted by Gasteiger charge is -2.27. The Bertz CT molecular complexity index is 965. The number of nitrogens with zero attached hydrogens (tertiary/aromatic N) is 1. The maximum absolute atomic E-state index is 13.5. The van der Waals surface area contributed by atoms with Gasteiger partial charge in [0, 0.05) is 17.6 Å². The van der Waals surface area contributed by atoms with E-state index in [9.17, 15) is 9.18 Å². The van der Waals surface area contributed by atoms with Crippen LogP contribution < -0.4 is 10.5 Å². The molecule has 1 unspecified atom stereocenters. The number of amides is 1. The van der Waals surface area contributed by atoms with E-state index in [1.54, 1.807) is 12.1 Å². The van der Waals surface area contributed by atoms with Crippen molar-refractivity contribution in [3.8, 4) is 5.75 Å². The van der Waals surface area contributed by atoms with E-state index in [0.717, 1.165) is 23.3 Å². The molecule has 1 aliphatic carbocycles. The molecule has 0 radical (unpaired) electrons. The minimum atomic E-state index is -0.538. The quantitative estimate of drug-likeness (QED) is 0.678. The van der Waals surface area contributed by atoms with E-state index < -0.39 is 5.91 Å². The average molecular weight is 410 g/mol. The zero-order chi connectivity index (χ0) is 21.3. The van der Waals surface area contributed by atoms with Crippen molar-refractivity contribution in [2.75, 3.05) is 27.3 Å². The van der Waals surface area contributed by atoms with E-state index in [1.807, 2.05) is 32.3 Å². The highest BCUT2D eigenvalue weighted by Crippen LogP contribution is 2.38. The van der Waals surface area contributed by atoms with Crippen LogP contribution in [0.15, 0.2) is 48.0 Å². The Morgan fingerprint density at radius 2 is 1.97 bits per heavy atom. The van der Waals surface area contributed by atoms with Crippen LogP contribution in [0.5, 0.6) is 5.75 Å². The average Bonchev–Trinajstić information content (AvgIpc) is 3.55. The van der Waals surface area contributed by atoms with Gasteiger partial charge in [-0.1, -0.05) is 18.2 Å². The molecule has 6 heteroatoms. The van der Waals surface area contributed by atoms with Crippen molar-refractivity contribution in [1.82, 2.24) is 4.90 Å². The Labute approximate surface area is 176 Å². The smallest absolute Gasteiger partial charge is 0.248 e. The number of rotatable bonds is 8. The molecular weight excluding hydrogens is 383 g/mol. The molecular formula is C24H27FN2O3. The second kappa shape index (κ2) is 8.58. The molecule has 1 fully saturated rings. The molecule has 2 aliphatic rings. The predicted molar refractivity (Wildman–Crippen MR) is 113 cm³/mol. The maximum Gasteiger partial charge on any atom is 0.248 e. The number of ether oxygens (including phenoxy) is 2. The molecule has 0 saturated heterocycles. The number of hydrogen-bond donors (Lipinski definition) is 1. The van der Waals surface area contributed by atoms with Gasteiger partial charge >= 0.3 is 0 Å².